The van der Waals surface area contributed by atoms with Crippen molar-refractivity contribution in [1.29, 1.82) is 0 Å². The molecule has 0 atom stereocenters. The molecule has 0 heterocycles. The summed E-state index contributed by atoms with van der Waals surface area (Å²) in [7, 11) is 0. The van der Waals surface area contributed by atoms with Crippen molar-refractivity contribution in [2.45, 2.75) is 32.1 Å². The number of hydrogen-bond donors (Lipinski definition) is 1. The molecular formula is C13H17ClO2. The van der Waals surface area contributed by atoms with Crippen LogP contribution in [0.5, 0.6) is 0 Å². The molecule has 0 unspecified atom stereocenters. The highest BCUT2D eigenvalue weighted by molar-refractivity contribution is 6.17. The van der Waals surface area contributed by atoms with Crippen LogP contribution in [-0.4, -0.2) is 17.0 Å². The van der Waals surface area contributed by atoms with Crippen LogP contribution in [0.15, 0.2) is 24.3 Å². The van der Waals surface area contributed by atoms with Gasteiger partial charge in [-0.25, -0.2) is 4.79 Å². The van der Waals surface area contributed by atoms with E-state index in [1.165, 1.54) is 0 Å². The minimum atomic E-state index is -0.857. The third-order valence-corrected chi connectivity index (χ3v) is 2.79. The van der Waals surface area contributed by atoms with Gasteiger partial charge in [-0.2, -0.15) is 0 Å². The van der Waals surface area contributed by atoms with E-state index < -0.39 is 5.97 Å². The fraction of sp³-hybridized carbons (Fsp3) is 0.462. The standard InChI is InChI=1S/C13H17ClO2/c14-9-4-2-1-3-6-11-7-5-8-12(10-11)13(15)16/h5,7-8,10H,1-4,6,9H2,(H,15,16). The van der Waals surface area contributed by atoms with Gasteiger partial charge in [0.25, 0.3) is 0 Å². The van der Waals surface area contributed by atoms with Gasteiger partial charge in [0.2, 0.25) is 0 Å². The Morgan fingerprint density at radius 3 is 2.62 bits per heavy atom. The number of aryl methyl sites for hydroxylation is 1. The monoisotopic (exact) mass is 240 g/mol. The van der Waals surface area contributed by atoms with Gasteiger partial charge in [0.15, 0.2) is 0 Å². The Morgan fingerprint density at radius 1 is 1.19 bits per heavy atom. The lowest BCUT2D eigenvalue weighted by Crippen LogP contribution is -1.97. The Hall–Kier alpha value is -1.02. The Morgan fingerprint density at radius 2 is 1.94 bits per heavy atom. The predicted octanol–water partition coefficient (Wildman–Crippen LogP) is 3.73. The Balaban J connectivity index is 2.36. The van der Waals surface area contributed by atoms with Crippen molar-refractivity contribution in [3.8, 4) is 0 Å². The first-order chi connectivity index (χ1) is 7.74. The maximum Gasteiger partial charge on any atom is 0.335 e. The number of carbonyl (C=O) groups is 1. The number of unbranched alkanes of at least 4 members (excludes halogenated alkanes) is 3. The van der Waals surface area contributed by atoms with Gasteiger partial charge in [-0.15, -0.1) is 11.6 Å². The van der Waals surface area contributed by atoms with Crippen LogP contribution < -0.4 is 0 Å². The molecule has 0 amide bonds. The third-order valence-electron chi connectivity index (χ3n) is 2.52. The van der Waals surface area contributed by atoms with E-state index in [0.29, 0.717) is 5.56 Å². The summed E-state index contributed by atoms with van der Waals surface area (Å²) in [6.07, 6.45) is 5.42. The summed E-state index contributed by atoms with van der Waals surface area (Å²) in [4.78, 5) is 10.8. The molecular weight excluding hydrogens is 224 g/mol. The molecule has 0 aliphatic heterocycles. The molecule has 0 saturated carbocycles. The summed E-state index contributed by atoms with van der Waals surface area (Å²) in [5.74, 6) is -0.127. The second-order valence-corrected chi connectivity index (χ2v) is 4.24. The van der Waals surface area contributed by atoms with Crippen molar-refractivity contribution in [2.75, 3.05) is 5.88 Å². The van der Waals surface area contributed by atoms with Crippen LogP contribution in [0, 0.1) is 0 Å². The SMILES string of the molecule is O=C(O)c1cccc(CCCCCCCl)c1. The average molecular weight is 241 g/mol. The van der Waals surface area contributed by atoms with Crippen LogP contribution in [-0.2, 0) is 6.42 Å². The fourth-order valence-corrected chi connectivity index (χ4v) is 1.83. The molecule has 1 aromatic rings. The number of rotatable bonds is 7. The largest absolute Gasteiger partial charge is 0.478 e. The second-order valence-electron chi connectivity index (χ2n) is 3.86. The lowest BCUT2D eigenvalue weighted by Gasteiger charge is -2.02. The number of benzene rings is 1. The summed E-state index contributed by atoms with van der Waals surface area (Å²) >= 11 is 5.59. The fourth-order valence-electron chi connectivity index (χ4n) is 1.64. The summed E-state index contributed by atoms with van der Waals surface area (Å²) in [5, 5.41) is 8.84. The van der Waals surface area contributed by atoms with Crippen LogP contribution in [0.25, 0.3) is 0 Å². The molecule has 1 rings (SSSR count). The molecule has 16 heavy (non-hydrogen) atoms. The molecule has 0 bridgehead atoms. The van der Waals surface area contributed by atoms with Gasteiger partial charge in [0, 0.05) is 5.88 Å². The van der Waals surface area contributed by atoms with Crippen LogP contribution in [0.2, 0.25) is 0 Å². The van der Waals surface area contributed by atoms with E-state index in [-0.39, 0.29) is 0 Å². The van der Waals surface area contributed by atoms with Gasteiger partial charge >= 0.3 is 5.97 Å². The van der Waals surface area contributed by atoms with Crippen molar-refractivity contribution in [1.82, 2.24) is 0 Å². The van der Waals surface area contributed by atoms with Crippen molar-refractivity contribution >= 4 is 17.6 Å². The van der Waals surface area contributed by atoms with Crippen molar-refractivity contribution < 1.29 is 9.90 Å². The summed E-state index contributed by atoms with van der Waals surface area (Å²) < 4.78 is 0. The highest BCUT2D eigenvalue weighted by Gasteiger charge is 2.02. The summed E-state index contributed by atoms with van der Waals surface area (Å²) in [6.45, 7) is 0. The maximum atomic E-state index is 10.8. The zero-order valence-electron chi connectivity index (χ0n) is 9.29. The van der Waals surface area contributed by atoms with Gasteiger partial charge < -0.3 is 5.11 Å². The smallest absolute Gasteiger partial charge is 0.335 e. The highest BCUT2D eigenvalue weighted by atomic mass is 35.5. The van der Waals surface area contributed by atoms with E-state index in [1.807, 2.05) is 6.07 Å². The van der Waals surface area contributed by atoms with E-state index in [2.05, 4.69) is 0 Å². The molecule has 0 aromatic heterocycles. The number of alkyl halides is 1. The van der Waals surface area contributed by atoms with E-state index in [0.717, 1.165) is 43.5 Å². The molecule has 0 radical (unpaired) electrons. The summed E-state index contributed by atoms with van der Waals surface area (Å²) in [6, 6.07) is 7.16. The quantitative estimate of drug-likeness (QED) is 0.583. The minimum Gasteiger partial charge on any atom is -0.478 e. The molecule has 3 heteroatoms. The lowest BCUT2D eigenvalue weighted by molar-refractivity contribution is 0.0697. The molecule has 1 aromatic carbocycles. The number of hydrogen-bond acceptors (Lipinski definition) is 1. The third kappa shape index (κ3) is 4.67. The number of halogens is 1. The van der Waals surface area contributed by atoms with Gasteiger partial charge in [-0.3, -0.25) is 0 Å². The molecule has 2 nitrogen and oxygen atoms in total. The Kier molecular flexibility index (Phi) is 5.94. The minimum absolute atomic E-state index is 0.373. The molecule has 0 aliphatic carbocycles. The Bertz CT molecular complexity index is 336. The molecule has 0 spiro atoms. The topological polar surface area (TPSA) is 37.3 Å². The van der Waals surface area contributed by atoms with E-state index in [1.54, 1.807) is 18.2 Å². The van der Waals surface area contributed by atoms with Crippen LogP contribution in [0.4, 0.5) is 0 Å². The highest BCUT2D eigenvalue weighted by Crippen LogP contribution is 2.10. The average Bonchev–Trinajstić information content (AvgIpc) is 2.29. The zero-order valence-corrected chi connectivity index (χ0v) is 10.0. The predicted molar refractivity (Wildman–Crippen MR) is 66.3 cm³/mol. The first kappa shape index (κ1) is 13.0. The zero-order chi connectivity index (χ0) is 11.8. The molecule has 0 saturated heterocycles. The van der Waals surface area contributed by atoms with Crippen LogP contribution in [0.1, 0.15) is 41.6 Å². The van der Waals surface area contributed by atoms with Crippen molar-refractivity contribution in [3.63, 3.8) is 0 Å². The molecule has 0 aliphatic rings. The molecule has 1 N–H and O–H groups in total. The maximum absolute atomic E-state index is 10.8. The van der Waals surface area contributed by atoms with Crippen molar-refractivity contribution in [2.24, 2.45) is 0 Å². The van der Waals surface area contributed by atoms with Crippen LogP contribution in [0.3, 0.4) is 0 Å². The van der Waals surface area contributed by atoms with E-state index in [4.69, 9.17) is 16.7 Å². The number of aromatic carboxylic acids is 1. The van der Waals surface area contributed by atoms with E-state index in [9.17, 15) is 4.79 Å². The Labute approximate surface area is 101 Å². The normalized spacial score (nSPS) is 10.3. The summed E-state index contributed by atoms with van der Waals surface area (Å²) in [5.41, 5.74) is 1.48. The van der Waals surface area contributed by atoms with Gasteiger partial charge in [-0.05, 0) is 37.0 Å². The van der Waals surface area contributed by atoms with E-state index >= 15 is 0 Å². The van der Waals surface area contributed by atoms with Gasteiger partial charge in [0.1, 0.15) is 0 Å². The number of carboxylic acid groups (broad SMARTS) is 1. The van der Waals surface area contributed by atoms with Gasteiger partial charge in [0.05, 0.1) is 5.56 Å². The van der Waals surface area contributed by atoms with Crippen LogP contribution >= 0.6 is 11.6 Å². The van der Waals surface area contributed by atoms with Gasteiger partial charge in [-0.1, -0.05) is 25.0 Å². The first-order valence-electron chi connectivity index (χ1n) is 5.62. The number of carboxylic acids is 1. The van der Waals surface area contributed by atoms with Crippen molar-refractivity contribution in [3.05, 3.63) is 35.4 Å². The second kappa shape index (κ2) is 7.29. The lowest BCUT2D eigenvalue weighted by atomic mass is 10.0. The molecule has 0 fully saturated rings. The first-order valence-corrected chi connectivity index (χ1v) is 6.15. The molecule has 88 valence electrons.